The number of likely N-dealkylation sites (tertiary alicyclic amines) is 1. The smallest absolute Gasteiger partial charge is 0.319 e. The minimum absolute atomic E-state index is 0.0840. The molecule has 0 bridgehead atoms. The average molecular weight is 287 g/mol. The van der Waals surface area contributed by atoms with Gasteiger partial charge in [0.25, 0.3) is 0 Å². The van der Waals surface area contributed by atoms with E-state index in [9.17, 15) is 4.79 Å². The van der Waals surface area contributed by atoms with Gasteiger partial charge in [-0.1, -0.05) is 12.1 Å². The number of benzene rings is 1. The van der Waals surface area contributed by atoms with Crippen molar-refractivity contribution in [1.29, 1.82) is 0 Å². The average Bonchev–Trinajstić information content (AvgIpc) is 3.13. The van der Waals surface area contributed by atoms with Gasteiger partial charge in [-0.2, -0.15) is 0 Å². The summed E-state index contributed by atoms with van der Waals surface area (Å²) in [5.74, 6) is 0. The highest BCUT2D eigenvalue weighted by atomic mass is 16.2. The molecule has 2 amide bonds. The van der Waals surface area contributed by atoms with Crippen LogP contribution in [0.25, 0.3) is 0 Å². The predicted octanol–water partition coefficient (Wildman–Crippen LogP) is 3.00. The molecule has 0 aromatic heterocycles. The lowest BCUT2D eigenvalue weighted by atomic mass is 10.1. The Morgan fingerprint density at radius 3 is 2.52 bits per heavy atom. The van der Waals surface area contributed by atoms with Crippen molar-refractivity contribution in [1.82, 2.24) is 10.2 Å². The zero-order valence-corrected chi connectivity index (χ0v) is 12.6. The van der Waals surface area contributed by atoms with Crippen molar-refractivity contribution in [3.8, 4) is 0 Å². The van der Waals surface area contributed by atoms with E-state index in [2.05, 4.69) is 27.7 Å². The molecule has 114 valence electrons. The van der Waals surface area contributed by atoms with Crippen molar-refractivity contribution in [2.24, 2.45) is 0 Å². The fourth-order valence-electron chi connectivity index (χ4n) is 2.85. The number of nitrogens with zero attached hydrogens (tertiary/aromatic N) is 1. The Bertz CT molecular complexity index is 461. The maximum atomic E-state index is 11.6. The van der Waals surface area contributed by atoms with Crippen molar-refractivity contribution in [3.63, 3.8) is 0 Å². The molecule has 0 radical (unpaired) electrons. The summed E-state index contributed by atoms with van der Waals surface area (Å²) in [6.07, 6.45) is 7.29. The van der Waals surface area contributed by atoms with Crippen molar-refractivity contribution in [2.45, 2.75) is 44.6 Å². The summed E-state index contributed by atoms with van der Waals surface area (Å²) in [5, 5.41) is 5.81. The van der Waals surface area contributed by atoms with E-state index in [-0.39, 0.29) is 6.03 Å². The quantitative estimate of drug-likeness (QED) is 0.845. The highest BCUT2D eigenvalue weighted by Gasteiger charge is 2.23. The van der Waals surface area contributed by atoms with Gasteiger partial charge < -0.3 is 15.5 Å². The number of rotatable bonds is 6. The first-order chi connectivity index (χ1) is 10.3. The Hall–Kier alpha value is -1.55. The Morgan fingerprint density at radius 1 is 1.14 bits per heavy atom. The summed E-state index contributed by atoms with van der Waals surface area (Å²) < 4.78 is 0. The molecule has 2 N–H and O–H groups in total. The molecule has 1 heterocycles. The van der Waals surface area contributed by atoms with Gasteiger partial charge in [-0.25, -0.2) is 4.79 Å². The molecule has 0 unspecified atom stereocenters. The van der Waals surface area contributed by atoms with E-state index in [1.165, 1.54) is 44.5 Å². The van der Waals surface area contributed by atoms with Crippen molar-refractivity contribution in [2.75, 3.05) is 25.0 Å². The lowest BCUT2D eigenvalue weighted by molar-refractivity contribution is 0.251. The van der Waals surface area contributed by atoms with E-state index in [0.717, 1.165) is 24.9 Å². The van der Waals surface area contributed by atoms with Crippen LogP contribution in [-0.4, -0.2) is 36.6 Å². The topological polar surface area (TPSA) is 44.4 Å². The summed E-state index contributed by atoms with van der Waals surface area (Å²) in [6.45, 7) is 3.77. The fourth-order valence-corrected chi connectivity index (χ4v) is 2.85. The van der Waals surface area contributed by atoms with Crippen LogP contribution in [0.4, 0.5) is 10.5 Å². The standard InChI is InChI=1S/C17H25N3O/c21-17(19-16-9-10-16)18-15-7-5-14(6-8-15)4-3-13-20-11-1-2-12-20/h5-8,16H,1-4,9-13H2,(H2,18,19,21). The highest BCUT2D eigenvalue weighted by molar-refractivity contribution is 5.89. The first kappa shape index (κ1) is 14.4. The second-order valence-corrected chi connectivity index (χ2v) is 6.22. The maximum Gasteiger partial charge on any atom is 0.319 e. The van der Waals surface area contributed by atoms with E-state index >= 15 is 0 Å². The largest absolute Gasteiger partial charge is 0.335 e. The van der Waals surface area contributed by atoms with Gasteiger partial charge in [-0.15, -0.1) is 0 Å². The molecular weight excluding hydrogens is 262 g/mol. The molecule has 1 aliphatic heterocycles. The van der Waals surface area contributed by atoms with Gasteiger partial charge in [0, 0.05) is 11.7 Å². The normalized spacial score (nSPS) is 18.7. The van der Waals surface area contributed by atoms with Crippen LogP contribution in [0, 0.1) is 0 Å². The Kier molecular flexibility index (Phi) is 4.76. The molecule has 21 heavy (non-hydrogen) atoms. The number of amides is 2. The monoisotopic (exact) mass is 287 g/mol. The number of carbonyl (C=O) groups is 1. The van der Waals surface area contributed by atoms with Crippen LogP contribution < -0.4 is 10.6 Å². The zero-order valence-electron chi connectivity index (χ0n) is 12.6. The molecule has 3 rings (SSSR count). The molecule has 0 spiro atoms. The Morgan fingerprint density at radius 2 is 1.86 bits per heavy atom. The van der Waals surface area contributed by atoms with E-state index in [4.69, 9.17) is 0 Å². The van der Waals surface area contributed by atoms with E-state index in [1.54, 1.807) is 0 Å². The number of anilines is 1. The van der Waals surface area contributed by atoms with Gasteiger partial charge in [0.2, 0.25) is 0 Å². The number of aryl methyl sites for hydroxylation is 1. The lowest BCUT2D eigenvalue weighted by Gasteiger charge is -2.14. The molecule has 2 fully saturated rings. The van der Waals surface area contributed by atoms with Crippen LogP contribution in [0.1, 0.15) is 37.7 Å². The van der Waals surface area contributed by atoms with Crippen LogP contribution in [0.2, 0.25) is 0 Å². The van der Waals surface area contributed by atoms with Crippen molar-refractivity contribution in [3.05, 3.63) is 29.8 Å². The molecule has 4 nitrogen and oxygen atoms in total. The summed E-state index contributed by atoms with van der Waals surface area (Å²) in [7, 11) is 0. The van der Waals surface area contributed by atoms with Crippen molar-refractivity contribution >= 4 is 11.7 Å². The first-order valence-corrected chi connectivity index (χ1v) is 8.18. The van der Waals surface area contributed by atoms with Crippen LogP contribution in [-0.2, 0) is 6.42 Å². The van der Waals surface area contributed by atoms with Crippen molar-refractivity contribution < 1.29 is 4.79 Å². The molecule has 1 saturated carbocycles. The summed E-state index contributed by atoms with van der Waals surface area (Å²) >= 11 is 0. The summed E-state index contributed by atoms with van der Waals surface area (Å²) in [6, 6.07) is 8.55. The van der Waals surface area contributed by atoms with Gasteiger partial charge in [0.05, 0.1) is 0 Å². The number of hydrogen-bond acceptors (Lipinski definition) is 2. The van der Waals surface area contributed by atoms with Gasteiger partial charge in [-0.3, -0.25) is 0 Å². The van der Waals surface area contributed by atoms with Crippen LogP contribution in [0.15, 0.2) is 24.3 Å². The van der Waals surface area contributed by atoms with Gasteiger partial charge >= 0.3 is 6.03 Å². The molecule has 1 aliphatic carbocycles. The minimum Gasteiger partial charge on any atom is -0.335 e. The third-order valence-electron chi connectivity index (χ3n) is 4.26. The summed E-state index contributed by atoms with van der Waals surface area (Å²) in [5.41, 5.74) is 2.22. The number of nitrogens with one attached hydrogen (secondary N) is 2. The van der Waals surface area contributed by atoms with E-state index in [0.29, 0.717) is 6.04 Å². The van der Waals surface area contributed by atoms with Gasteiger partial charge in [-0.05, 0) is 75.9 Å². The fraction of sp³-hybridized carbons (Fsp3) is 0.588. The second-order valence-electron chi connectivity index (χ2n) is 6.22. The molecule has 0 atom stereocenters. The highest BCUT2D eigenvalue weighted by Crippen LogP contribution is 2.19. The van der Waals surface area contributed by atoms with Crippen LogP contribution in [0.3, 0.4) is 0 Å². The first-order valence-electron chi connectivity index (χ1n) is 8.18. The molecular formula is C17H25N3O. The Balaban J connectivity index is 1.39. The van der Waals surface area contributed by atoms with E-state index in [1.807, 2.05) is 12.1 Å². The lowest BCUT2D eigenvalue weighted by Crippen LogP contribution is -2.30. The number of carbonyl (C=O) groups excluding carboxylic acids is 1. The molecule has 2 aliphatic rings. The third kappa shape index (κ3) is 4.74. The molecule has 1 saturated heterocycles. The molecule has 4 heteroatoms. The summed E-state index contributed by atoms with van der Waals surface area (Å²) in [4.78, 5) is 14.2. The predicted molar refractivity (Wildman–Crippen MR) is 85.6 cm³/mol. The van der Waals surface area contributed by atoms with Crippen LogP contribution in [0.5, 0.6) is 0 Å². The van der Waals surface area contributed by atoms with Gasteiger partial charge in [0.15, 0.2) is 0 Å². The Labute approximate surface area is 126 Å². The number of hydrogen-bond donors (Lipinski definition) is 2. The minimum atomic E-state index is -0.0840. The third-order valence-corrected chi connectivity index (χ3v) is 4.26. The molecule has 1 aromatic carbocycles. The maximum absolute atomic E-state index is 11.6. The van der Waals surface area contributed by atoms with Gasteiger partial charge in [0.1, 0.15) is 0 Å². The van der Waals surface area contributed by atoms with E-state index < -0.39 is 0 Å². The second kappa shape index (κ2) is 6.94. The molecule has 1 aromatic rings. The SMILES string of the molecule is O=C(Nc1ccc(CCCN2CCCC2)cc1)NC1CC1. The number of urea groups is 1. The zero-order chi connectivity index (χ0) is 14.5. The van der Waals surface area contributed by atoms with Crippen LogP contribution >= 0.6 is 0 Å².